The highest BCUT2D eigenvalue weighted by Crippen LogP contribution is 2.14. The van der Waals surface area contributed by atoms with Crippen molar-refractivity contribution in [1.82, 2.24) is 9.97 Å². The van der Waals surface area contributed by atoms with Crippen LogP contribution < -0.4 is 5.73 Å². The molecule has 0 amide bonds. The summed E-state index contributed by atoms with van der Waals surface area (Å²) in [6.07, 6.45) is 4.22. The fourth-order valence-electron chi connectivity index (χ4n) is 1.07. The summed E-state index contributed by atoms with van der Waals surface area (Å²) in [6.45, 7) is 7.67. The van der Waals surface area contributed by atoms with Crippen LogP contribution in [0.3, 0.4) is 0 Å². The maximum atomic E-state index is 5.88. The van der Waals surface area contributed by atoms with E-state index in [0.29, 0.717) is 0 Å². The van der Waals surface area contributed by atoms with Gasteiger partial charge in [0, 0.05) is 6.20 Å². The Balaban J connectivity index is 2.71. The first kappa shape index (κ1) is 9.86. The van der Waals surface area contributed by atoms with Crippen LogP contribution in [0.5, 0.6) is 0 Å². The topological polar surface area (TPSA) is 51.8 Å². The standard InChI is InChI=1S/C10H15N3/c1-7(2)4-9(11)10-6-12-8(3)5-13-10/h5-6,9H,1,4,11H2,2-3H3. The number of aryl methyl sites for hydroxylation is 1. The van der Waals surface area contributed by atoms with Crippen LogP contribution in [0.15, 0.2) is 24.5 Å². The van der Waals surface area contributed by atoms with Crippen LogP contribution in [0, 0.1) is 6.92 Å². The summed E-state index contributed by atoms with van der Waals surface area (Å²) in [7, 11) is 0. The van der Waals surface area contributed by atoms with Gasteiger partial charge in [0.2, 0.25) is 0 Å². The van der Waals surface area contributed by atoms with Crippen molar-refractivity contribution in [3.05, 3.63) is 35.9 Å². The van der Waals surface area contributed by atoms with E-state index in [2.05, 4.69) is 16.5 Å². The molecule has 1 atom stereocenters. The number of hydrogen-bond acceptors (Lipinski definition) is 3. The average molecular weight is 177 g/mol. The Morgan fingerprint density at radius 2 is 2.23 bits per heavy atom. The smallest absolute Gasteiger partial charge is 0.0757 e. The molecule has 2 N–H and O–H groups in total. The Hall–Kier alpha value is -1.22. The first-order valence-corrected chi connectivity index (χ1v) is 4.28. The molecular formula is C10H15N3. The predicted molar refractivity (Wildman–Crippen MR) is 53.1 cm³/mol. The maximum Gasteiger partial charge on any atom is 0.0757 e. The zero-order valence-electron chi connectivity index (χ0n) is 8.12. The second-order valence-electron chi connectivity index (χ2n) is 3.35. The van der Waals surface area contributed by atoms with Crippen LogP contribution in [-0.4, -0.2) is 9.97 Å². The predicted octanol–water partition coefficient (Wildman–Crippen LogP) is 1.75. The fourth-order valence-corrected chi connectivity index (χ4v) is 1.07. The van der Waals surface area contributed by atoms with E-state index in [9.17, 15) is 0 Å². The highest BCUT2D eigenvalue weighted by atomic mass is 14.8. The van der Waals surface area contributed by atoms with E-state index in [-0.39, 0.29) is 6.04 Å². The molecule has 0 bridgehead atoms. The number of aromatic nitrogens is 2. The Morgan fingerprint density at radius 1 is 1.54 bits per heavy atom. The molecule has 0 spiro atoms. The molecule has 0 aliphatic carbocycles. The first-order chi connectivity index (χ1) is 6.09. The summed E-state index contributed by atoms with van der Waals surface area (Å²) < 4.78 is 0. The van der Waals surface area contributed by atoms with E-state index in [4.69, 9.17) is 5.73 Å². The average Bonchev–Trinajstić information content (AvgIpc) is 2.04. The van der Waals surface area contributed by atoms with Crippen molar-refractivity contribution >= 4 is 0 Å². The van der Waals surface area contributed by atoms with E-state index >= 15 is 0 Å². The minimum atomic E-state index is -0.0781. The minimum Gasteiger partial charge on any atom is -0.322 e. The van der Waals surface area contributed by atoms with Crippen molar-refractivity contribution in [1.29, 1.82) is 0 Å². The van der Waals surface area contributed by atoms with E-state index in [1.807, 2.05) is 13.8 Å². The summed E-state index contributed by atoms with van der Waals surface area (Å²) >= 11 is 0. The van der Waals surface area contributed by atoms with Crippen LogP contribution in [-0.2, 0) is 0 Å². The van der Waals surface area contributed by atoms with Crippen molar-refractivity contribution in [3.63, 3.8) is 0 Å². The monoisotopic (exact) mass is 177 g/mol. The van der Waals surface area contributed by atoms with E-state index in [1.54, 1.807) is 12.4 Å². The Morgan fingerprint density at radius 3 is 2.69 bits per heavy atom. The Kier molecular flexibility index (Phi) is 3.14. The minimum absolute atomic E-state index is 0.0781. The molecule has 0 radical (unpaired) electrons. The lowest BCUT2D eigenvalue weighted by molar-refractivity contribution is 0.686. The molecule has 0 aliphatic heterocycles. The molecular weight excluding hydrogens is 162 g/mol. The van der Waals surface area contributed by atoms with Crippen LogP contribution in [0.1, 0.15) is 30.8 Å². The molecule has 0 aliphatic rings. The van der Waals surface area contributed by atoms with E-state index in [1.165, 1.54) is 0 Å². The van der Waals surface area contributed by atoms with Crippen LogP contribution in [0.4, 0.5) is 0 Å². The van der Waals surface area contributed by atoms with Gasteiger partial charge in [-0.2, -0.15) is 0 Å². The highest BCUT2D eigenvalue weighted by Gasteiger charge is 2.07. The molecule has 0 aromatic carbocycles. The molecule has 1 unspecified atom stereocenters. The van der Waals surface area contributed by atoms with E-state index in [0.717, 1.165) is 23.4 Å². The zero-order chi connectivity index (χ0) is 9.84. The lowest BCUT2D eigenvalue weighted by Gasteiger charge is -2.09. The number of nitrogens with two attached hydrogens (primary N) is 1. The van der Waals surface area contributed by atoms with Crippen molar-refractivity contribution in [2.45, 2.75) is 26.3 Å². The largest absolute Gasteiger partial charge is 0.322 e. The highest BCUT2D eigenvalue weighted by molar-refractivity contribution is 5.08. The van der Waals surface area contributed by atoms with Gasteiger partial charge in [0.1, 0.15) is 0 Å². The molecule has 3 heteroatoms. The van der Waals surface area contributed by atoms with Crippen molar-refractivity contribution in [2.75, 3.05) is 0 Å². The van der Waals surface area contributed by atoms with Gasteiger partial charge in [0.05, 0.1) is 23.6 Å². The third-order valence-corrected chi connectivity index (χ3v) is 1.75. The van der Waals surface area contributed by atoms with Gasteiger partial charge in [-0.05, 0) is 20.3 Å². The third-order valence-electron chi connectivity index (χ3n) is 1.75. The summed E-state index contributed by atoms with van der Waals surface area (Å²) in [5, 5.41) is 0. The van der Waals surface area contributed by atoms with Gasteiger partial charge in [-0.3, -0.25) is 9.97 Å². The maximum absolute atomic E-state index is 5.88. The summed E-state index contributed by atoms with van der Waals surface area (Å²) in [5.41, 5.74) is 8.68. The number of rotatable bonds is 3. The molecule has 13 heavy (non-hydrogen) atoms. The molecule has 1 heterocycles. The zero-order valence-corrected chi connectivity index (χ0v) is 8.12. The first-order valence-electron chi connectivity index (χ1n) is 4.28. The Bertz CT molecular complexity index is 290. The van der Waals surface area contributed by atoms with Crippen LogP contribution in [0.25, 0.3) is 0 Å². The summed E-state index contributed by atoms with van der Waals surface area (Å²) in [6, 6.07) is -0.0781. The van der Waals surface area contributed by atoms with Crippen LogP contribution >= 0.6 is 0 Å². The van der Waals surface area contributed by atoms with Gasteiger partial charge in [0.25, 0.3) is 0 Å². The molecule has 1 aromatic heterocycles. The molecule has 3 nitrogen and oxygen atoms in total. The third kappa shape index (κ3) is 2.95. The van der Waals surface area contributed by atoms with Gasteiger partial charge in [-0.15, -0.1) is 6.58 Å². The van der Waals surface area contributed by atoms with Crippen molar-refractivity contribution in [3.8, 4) is 0 Å². The van der Waals surface area contributed by atoms with Gasteiger partial charge in [-0.25, -0.2) is 0 Å². The summed E-state index contributed by atoms with van der Waals surface area (Å²) in [4.78, 5) is 8.34. The molecule has 1 aromatic rings. The molecule has 1 rings (SSSR count). The van der Waals surface area contributed by atoms with Crippen molar-refractivity contribution < 1.29 is 0 Å². The number of hydrogen-bond donors (Lipinski definition) is 1. The molecule has 70 valence electrons. The Labute approximate surface area is 78.7 Å². The second-order valence-corrected chi connectivity index (χ2v) is 3.35. The quantitative estimate of drug-likeness (QED) is 0.715. The van der Waals surface area contributed by atoms with E-state index < -0.39 is 0 Å². The van der Waals surface area contributed by atoms with Gasteiger partial charge < -0.3 is 5.73 Å². The fraction of sp³-hybridized carbons (Fsp3) is 0.400. The second kappa shape index (κ2) is 4.14. The number of nitrogens with zero attached hydrogens (tertiary/aromatic N) is 2. The lowest BCUT2D eigenvalue weighted by atomic mass is 10.1. The molecule has 0 fully saturated rings. The van der Waals surface area contributed by atoms with Gasteiger partial charge in [-0.1, -0.05) is 5.57 Å². The normalized spacial score (nSPS) is 12.5. The SMILES string of the molecule is C=C(C)CC(N)c1cnc(C)cn1. The van der Waals surface area contributed by atoms with Gasteiger partial charge in [0.15, 0.2) is 0 Å². The lowest BCUT2D eigenvalue weighted by Crippen LogP contribution is -2.12. The van der Waals surface area contributed by atoms with Gasteiger partial charge >= 0.3 is 0 Å². The molecule has 0 saturated heterocycles. The molecule has 0 saturated carbocycles. The van der Waals surface area contributed by atoms with Crippen molar-refractivity contribution in [2.24, 2.45) is 5.73 Å². The van der Waals surface area contributed by atoms with Crippen LogP contribution in [0.2, 0.25) is 0 Å². The summed E-state index contributed by atoms with van der Waals surface area (Å²) in [5.74, 6) is 0.